The lowest BCUT2D eigenvalue weighted by molar-refractivity contribution is 0.101. The molecule has 0 bridgehead atoms. The van der Waals surface area contributed by atoms with E-state index in [4.69, 9.17) is 9.47 Å². The number of para-hydroxylation sites is 2. The van der Waals surface area contributed by atoms with E-state index in [1.54, 1.807) is 6.08 Å². The molecule has 1 aromatic carbocycles. The standard InChI is InChI=1S/C18H29NO3/c1-5-10-21-17-8-6-7-9-18(17)22-13-16(20)12-19-15(4)11-14(2)3/h5-9,14-16,19-20H,1,10-13H2,2-4H3. The summed E-state index contributed by atoms with van der Waals surface area (Å²) >= 11 is 0. The predicted octanol–water partition coefficient (Wildman–Crippen LogP) is 3.02. The van der Waals surface area contributed by atoms with Crippen LogP contribution in [0.15, 0.2) is 36.9 Å². The van der Waals surface area contributed by atoms with Crippen LogP contribution in [0, 0.1) is 5.92 Å². The fourth-order valence-corrected chi connectivity index (χ4v) is 2.21. The van der Waals surface area contributed by atoms with E-state index in [0.717, 1.165) is 6.42 Å². The molecule has 2 N–H and O–H groups in total. The molecule has 22 heavy (non-hydrogen) atoms. The first-order valence-electron chi connectivity index (χ1n) is 7.89. The van der Waals surface area contributed by atoms with Crippen molar-refractivity contribution in [3.63, 3.8) is 0 Å². The van der Waals surface area contributed by atoms with Crippen molar-refractivity contribution in [1.29, 1.82) is 0 Å². The molecule has 0 aromatic heterocycles. The van der Waals surface area contributed by atoms with Crippen LogP contribution in [0.5, 0.6) is 11.5 Å². The van der Waals surface area contributed by atoms with Crippen LogP contribution in [0.1, 0.15) is 27.2 Å². The van der Waals surface area contributed by atoms with Gasteiger partial charge in [0.15, 0.2) is 11.5 Å². The van der Waals surface area contributed by atoms with E-state index >= 15 is 0 Å². The summed E-state index contributed by atoms with van der Waals surface area (Å²) in [5.41, 5.74) is 0. The van der Waals surface area contributed by atoms with Crippen LogP contribution < -0.4 is 14.8 Å². The Hall–Kier alpha value is -1.52. The van der Waals surface area contributed by atoms with Gasteiger partial charge in [0, 0.05) is 12.6 Å². The first-order chi connectivity index (χ1) is 10.5. The van der Waals surface area contributed by atoms with Crippen LogP contribution in [-0.2, 0) is 0 Å². The zero-order chi connectivity index (χ0) is 16.4. The average molecular weight is 307 g/mol. The molecule has 0 radical (unpaired) electrons. The zero-order valence-corrected chi connectivity index (χ0v) is 13.9. The topological polar surface area (TPSA) is 50.7 Å². The lowest BCUT2D eigenvalue weighted by Crippen LogP contribution is -2.37. The molecule has 0 aliphatic carbocycles. The molecule has 4 heteroatoms. The third-order valence-corrected chi connectivity index (χ3v) is 3.16. The van der Waals surface area contributed by atoms with Crippen molar-refractivity contribution in [1.82, 2.24) is 5.32 Å². The minimum atomic E-state index is -0.554. The Labute approximate surface area is 134 Å². The van der Waals surface area contributed by atoms with Crippen molar-refractivity contribution in [2.75, 3.05) is 19.8 Å². The Bertz CT molecular complexity index is 434. The van der Waals surface area contributed by atoms with Gasteiger partial charge in [0.1, 0.15) is 19.3 Å². The molecule has 0 fully saturated rings. The number of rotatable bonds is 11. The molecule has 0 aliphatic heterocycles. The normalized spacial score (nSPS) is 13.7. The second kappa shape index (κ2) is 10.2. The molecule has 2 unspecified atom stereocenters. The minimum absolute atomic E-state index is 0.232. The van der Waals surface area contributed by atoms with Crippen molar-refractivity contribution in [3.05, 3.63) is 36.9 Å². The van der Waals surface area contributed by atoms with Crippen LogP contribution in [-0.4, -0.2) is 37.0 Å². The first kappa shape index (κ1) is 18.5. The van der Waals surface area contributed by atoms with E-state index in [9.17, 15) is 5.11 Å². The minimum Gasteiger partial charge on any atom is -0.487 e. The maximum Gasteiger partial charge on any atom is 0.161 e. The molecule has 0 saturated carbocycles. The summed E-state index contributed by atoms with van der Waals surface area (Å²) in [4.78, 5) is 0. The Morgan fingerprint density at radius 1 is 1.18 bits per heavy atom. The van der Waals surface area contributed by atoms with Gasteiger partial charge in [0.05, 0.1) is 0 Å². The van der Waals surface area contributed by atoms with Gasteiger partial charge in [0.25, 0.3) is 0 Å². The van der Waals surface area contributed by atoms with Gasteiger partial charge < -0.3 is 19.9 Å². The van der Waals surface area contributed by atoms with Crippen LogP contribution in [0.4, 0.5) is 0 Å². The van der Waals surface area contributed by atoms with Crippen LogP contribution >= 0.6 is 0 Å². The molecular formula is C18H29NO3. The first-order valence-corrected chi connectivity index (χ1v) is 7.89. The second-order valence-electron chi connectivity index (χ2n) is 5.95. The van der Waals surface area contributed by atoms with Crippen molar-refractivity contribution in [2.24, 2.45) is 5.92 Å². The molecule has 0 saturated heterocycles. The van der Waals surface area contributed by atoms with Gasteiger partial charge >= 0.3 is 0 Å². The number of benzene rings is 1. The zero-order valence-electron chi connectivity index (χ0n) is 13.9. The van der Waals surface area contributed by atoms with Gasteiger partial charge in [-0.1, -0.05) is 38.6 Å². The monoisotopic (exact) mass is 307 g/mol. The number of aliphatic hydroxyl groups excluding tert-OH is 1. The highest BCUT2D eigenvalue weighted by molar-refractivity contribution is 5.39. The number of ether oxygens (including phenoxy) is 2. The van der Waals surface area contributed by atoms with Crippen molar-refractivity contribution in [3.8, 4) is 11.5 Å². The van der Waals surface area contributed by atoms with Crippen molar-refractivity contribution in [2.45, 2.75) is 39.3 Å². The van der Waals surface area contributed by atoms with E-state index < -0.39 is 6.10 Å². The predicted molar refractivity (Wildman–Crippen MR) is 90.6 cm³/mol. The molecule has 1 aromatic rings. The van der Waals surface area contributed by atoms with Gasteiger partial charge in [0.2, 0.25) is 0 Å². The van der Waals surface area contributed by atoms with Crippen molar-refractivity contribution < 1.29 is 14.6 Å². The fraction of sp³-hybridized carbons (Fsp3) is 0.556. The van der Waals surface area contributed by atoms with E-state index in [1.807, 2.05) is 24.3 Å². The van der Waals surface area contributed by atoms with Gasteiger partial charge in [-0.05, 0) is 31.4 Å². The number of aliphatic hydroxyl groups is 1. The van der Waals surface area contributed by atoms with Crippen LogP contribution in [0.2, 0.25) is 0 Å². The second-order valence-corrected chi connectivity index (χ2v) is 5.95. The summed E-state index contributed by atoms with van der Waals surface area (Å²) in [5.74, 6) is 1.94. The largest absolute Gasteiger partial charge is 0.487 e. The molecule has 1 rings (SSSR count). The fourth-order valence-electron chi connectivity index (χ4n) is 2.21. The maximum absolute atomic E-state index is 10.0. The Kier molecular flexibility index (Phi) is 8.63. The average Bonchev–Trinajstić information content (AvgIpc) is 2.49. The molecule has 0 amide bonds. The highest BCUT2D eigenvalue weighted by atomic mass is 16.5. The van der Waals surface area contributed by atoms with Gasteiger partial charge in [-0.3, -0.25) is 0 Å². The van der Waals surface area contributed by atoms with E-state index in [2.05, 4.69) is 32.7 Å². The molecule has 0 aliphatic rings. The summed E-state index contributed by atoms with van der Waals surface area (Å²) in [5, 5.41) is 13.3. The number of hydrogen-bond acceptors (Lipinski definition) is 4. The Morgan fingerprint density at radius 3 is 2.41 bits per heavy atom. The van der Waals surface area contributed by atoms with E-state index in [0.29, 0.717) is 36.6 Å². The number of nitrogens with one attached hydrogen (secondary N) is 1. The molecule has 124 valence electrons. The molecule has 0 heterocycles. The maximum atomic E-state index is 10.0. The summed E-state index contributed by atoms with van der Waals surface area (Å²) < 4.78 is 11.2. The third kappa shape index (κ3) is 7.48. The highest BCUT2D eigenvalue weighted by Crippen LogP contribution is 2.26. The highest BCUT2D eigenvalue weighted by Gasteiger charge is 2.11. The van der Waals surface area contributed by atoms with E-state index in [-0.39, 0.29) is 6.61 Å². The molecule has 4 nitrogen and oxygen atoms in total. The van der Waals surface area contributed by atoms with Gasteiger partial charge in [-0.25, -0.2) is 0 Å². The summed E-state index contributed by atoms with van der Waals surface area (Å²) in [6.07, 6.45) is 2.22. The molecular weight excluding hydrogens is 278 g/mol. The van der Waals surface area contributed by atoms with Gasteiger partial charge in [-0.2, -0.15) is 0 Å². The summed E-state index contributed by atoms with van der Waals surface area (Å²) in [7, 11) is 0. The Balaban J connectivity index is 2.37. The lowest BCUT2D eigenvalue weighted by atomic mass is 10.1. The lowest BCUT2D eigenvalue weighted by Gasteiger charge is -2.19. The van der Waals surface area contributed by atoms with E-state index in [1.165, 1.54) is 0 Å². The number of hydrogen-bond donors (Lipinski definition) is 2. The summed E-state index contributed by atoms with van der Waals surface area (Å²) in [6, 6.07) is 7.83. The molecule has 2 atom stereocenters. The van der Waals surface area contributed by atoms with Crippen LogP contribution in [0.25, 0.3) is 0 Å². The smallest absolute Gasteiger partial charge is 0.161 e. The third-order valence-electron chi connectivity index (χ3n) is 3.16. The Morgan fingerprint density at radius 2 is 1.82 bits per heavy atom. The summed E-state index contributed by atoms with van der Waals surface area (Å²) in [6.45, 7) is 11.3. The van der Waals surface area contributed by atoms with Gasteiger partial charge in [-0.15, -0.1) is 0 Å². The SMILES string of the molecule is C=CCOc1ccccc1OCC(O)CNC(C)CC(C)C. The van der Waals surface area contributed by atoms with Crippen molar-refractivity contribution >= 4 is 0 Å². The molecule has 0 spiro atoms. The quantitative estimate of drug-likeness (QED) is 0.617. The van der Waals surface area contributed by atoms with Crippen LogP contribution in [0.3, 0.4) is 0 Å².